The number of hydrogen-bond donors (Lipinski definition) is 1. The van der Waals surface area contributed by atoms with Gasteiger partial charge in [0.15, 0.2) is 11.5 Å². The van der Waals surface area contributed by atoms with Gasteiger partial charge in [-0.2, -0.15) is 0 Å². The Kier molecular flexibility index (Phi) is 4.32. The number of hydrogen-bond acceptors (Lipinski definition) is 3. The summed E-state index contributed by atoms with van der Waals surface area (Å²) in [6, 6.07) is 13.9. The standard InChI is InChI=1S/C17H18ClNO2/c18-15-4-2-1-3-13(15)9-14(11-19)12-5-6-16-17(10-12)21-8-7-20-16/h1-6,10,14H,7-9,11,19H2. The first-order valence-corrected chi connectivity index (χ1v) is 7.48. The van der Waals surface area contributed by atoms with Crippen molar-refractivity contribution in [2.75, 3.05) is 19.8 Å². The van der Waals surface area contributed by atoms with Crippen LogP contribution in [0.25, 0.3) is 0 Å². The third kappa shape index (κ3) is 3.14. The van der Waals surface area contributed by atoms with Gasteiger partial charge in [0, 0.05) is 10.9 Å². The molecule has 21 heavy (non-hydrogen) atoms. The van der Waals surface area contributed by atoms with E-state index >= 15 is 0 Å². The zero-order valence-electron chi connectivity index (χ0n) is 11.7. The fourth-order valence-corrected chi connectivity index (χ4v) is 2.79. The second-order valence-corrected chi connectivity index (χ2v) is 5.54. The van der Waals surface area contributed by atoms with E-state index in [0.29, 0.717) is 19.8 Å². The van der Waals surface area contributed by atoms with Crippen LogP contribution in [0.2, 0.25) is 5.02 Å². The smallest absolute Gasteiger partial charge is 0.161 e. The highest BCUT2D eigenvalue weighted by molar-refractivity contribution is 6.31. The van der Waals surface area contributed by atoms with E-state index in [0.717, 1.165) is 34.1 Å². The number of fused-ring (bicyclic) bond motifs is 1. The lowest BCUT2D eigenvalue weighted by atomic mass is 9.91. The molecule has 3 nitrogen and oxygen atoms in total. The lowest BCUT2D eigenvalue weighted by molar-refractivity contribution is 0.171. The monoisotopic (exact) mass is 303 g/mol. The van der Waals surface area contributed by atoms with Gasteiger partial charge in [-0.05, 0) is 42.3 Å². The molecule has 0 bridgehead atoms. The average Bonchev–Trinajstić information content (AvgIpc) is 2.54. The minimum absolute atomic E-state index is 0.209. The molecule has 110 valence electrons. The fraction of sp³-hybridized carbons (Fsp3) is 0.294. The molecule has 0 fully saturated rings. The molecule has 4 heteroatoms. The normalized spacial score (nSPS) is 14.8. The van der Waals surface area contributed by atoms with Crippen LogP contribution in [-0.2, 0) is 6.42 Å². The topological polar surface area (TPSA) is 44.5 Å². The number of benzene rings is 2. The molecule has 0 spiro atoms. The van der Waals surface area contributed by atoms with E-state index in [1.54, 1.807) is 0 Å². The van der Waals surface area contributed by atoms with Crippen molar-refractivity contribution in [1.29, 1.82) is 0 Å². The summed E-state index contributed by atoms with van der Waals surface area (Å²) in [7, 11) is 0. The van der Waals surface area contributed by atoms with Gasteiger partial charge in [0.2, 0.25) is 0 Å². The average molecular weight is 304 g/mol. The molecule has 1 unspecified atom stereocenters. The molecule has 1 atom stereocenters. The van der Waals surface area contributed by atoms with Crippen molar-refractivity contribution >= 4 is 11.6 Å². The first-order valence-electron chi connectivity index (χ1n) is 7.11. The quantitative estimate of drug-likeness (QED) is 0.941. The molecule has 0 saturated heterocycles. The van der Waals surface area contributed by atoms with Crippen LogP contribution in [0.15, 0.2) is 42.5 Å². The largest absolute Gasteiger partial charge is 0.486 e. The third-order valence-electron chi connectivity index (χ3n) is 3.75. The van der Waals surface area contributed by atoms with E-state index in [1.165, 1.54) is 0 Å². The number of nitrogens with two attached hydrogens (primary N) is 1. The Morgan fingerprint density at radius 1 is 1.05 bits per heavy atom. The summed E-state index contributed by atoms with van der Waals surface area (Å²) >= 11 is 6.24. The lowest BCUT2D eigenvalue weighted by Crippen LogP contribution is -2.18. The van der Waals surface area contributed by atoms with Crippen molar-refractivity contribution < 1.29 is 9.47 Å². The van der Waals surface area contributed by atoms with Crippen LogP contribution in [-0.4, -0.2) is 19.8 Å². The van der Waals surface area contributed by atoms with Crippen LogP contribution in [0.4, 0.5) is 0 Å². The highest BCUT2D eigenvalue weighted by Gasteiger charge is 2.17. The molecular weight excluding hydrogens is 286 g/mol. The van der Waals surface area contributed by atoms with Gasteiger partial charge in [0.05, 0.1) is 0 Å². The minimum Gasteiger partial charge on any atom is -0.486 e. The third-order valence-corrected chi connectivity index (χ3v) is 4.12. The molecule has 0 aromatic heterocycles. The van der Waals surface area contributed by atoms with Crippen molar-refractivity contribution in [3.8, 4) is 11.5 Å². The molecule has 2 N–H and O–H groups in total. The molecule has 1 aliphatic heterocycles. The van der Waals surface area contributed by atoms with Gasteiger partial charge in [-0.15, -0.1) is 0 Å². The van der Waals surface area contributed by atoms with Crippen molar-refractivity contribution in [2.45, 2.75) is 12.3 Å². The lowest BCUT2D eigenvalue weighted by Gasteiger charge is -2.22. The van der Waals surface area contributed by atoms with Crippen LogP contribution in [0.3, 0.4) is 0 Å². The molecular formula is C17H18ClNO2. The van der Waals surface area contributed by atoms with Crippen LogP contribution in [0.5, 0.6) is 11.5 Å². The number of ether oxygens (including phenoxy) is 2. The highest BCUT2D eigenvalue weighted by Crippen LogP contribution is 2.34. The molecule has 1 heterocycles. The van der Waals surface area contributed by atoms with Gasteiger partial charge in [-0.3, -0.25) is 0 Å². The van der Waals surface area contributed by atoms with E-state index in [9.17, 15) is 0 Å². The van der Waals surface area contributed by atoms with E-state index in [4.69, 9.17) is 26.8 Å². The second kappa shape index (κ2) is 6.37. The maximum Gasteiger partial charge on any atom is 0.161 e. The molecule has 0 radical (unpaired) electrons. The Bertz CT molecular complexity index is 630. The Balaban J connectivity index is 1.85. The predicted octanol–water partition coefficient (Wildman–Crippen LogP) is 3.40. The van der Waals surface area contributed by atoms with Crippen LogP contribution >= 0.6 is 11.6 Å². The zero-order chi connectivity index (χ0) is 14.7. The summed E-state index contributed by atoms with van der Waals surface area (Å²) in [4.78, 5) is 0. The molecule has 0 amide bonds. The zero-order valence-corrected chi connectivity index (χ0v) is 12.5. The Hall–Kier alpha value is -1.71. The van der Waals surface area contributed by atoms with Crippen LogP contribution < -0.4 is 15.2 Å². The SMILES string of the molecule is NCC(Cc1ccccc1Cl)c1ccc2c(c1)OCCO2. The molecule has 0 saturated carbocycles. The van der Waals surface area contributed by atoms with Gasteiger partial charge in [0.25, 0.3) is 0 Å². The maximum atomic E-state index is 6.24. The van der Waals surface area contributed by atoms with Crippen molar-refractivity contribution in [3.63, 3.8) is 0 Å². The van der Waals surface area contributed by atoms with Crippen LogP contribution in [0.1, 0.15) is 17.0 Å². The van der Waals surface area contributed by atoms with Crippen molar-refractivity contribution in [2.24, 2.45) is 5.73 Å². The predicted molar refractivity (Wildman–Crippen MR) is 84.4 cm³/mol. The Morgan fingerprint density at radius 2 is 1.81 bits per heavy atom. The molecule has 2 aromatic carbocycles. The van der Waals surface area contributed by atoms with Gasteiger partial charge in [-0.25, -0.2) is 0 Å². The Morgan fingerprint density at radius 3 is 2.57 bits per heavy atom. The minimum atomic E-state index is 0.209. The van der Waals surface area contributed by atoms with Gasteiger partial charge >= 0.3 is 0 Å². The number of rotatable bonds is 4. The summed E-state index contributed by atoms with van der Waals surface area (Å²) < 4.78 is 11.2. The van der Waals surface area contributed by atoms with Crippen molar-refractivity contribution in [1.82, 2.24) is 0 Å². The first-order chi connectivity index (χ1) is 10.3. The number of halogens is 1. The maximum absolute atomic E-state index is 6.24. The summed E-state index contributed by atoms with van der Waals surface area (Å²) in [6.45, 7) is 1.76. The molecule has 1 aliphatic rings. The van der Waals surface area contributed by atoms with Gasteiger partial charge < -0.3 is 15.2 Å². The second-order valence-electron chi connectivity index (χ2n) is 5.13. The molecule has 3 rings (SSSR count). The summed E-state index contributed by atoms with van der Waals surface area (Å²) in [5, 5.41) is 0.786. The summed E-state index contributed by atoms with van der Waals surface area (Å²) in [6.07, 6.45) is 0.815. The van der Waals surface area contributed by atoms with E-state index < -0.39 is 0 Å². The van der Waals surface area contributed by atoms with Crippen LogP contribution in [0, 0.1) is 0 Å². The van der Waals surface area contributed by atoms with Crippen molar-refractivity contribution in [3.05, 3.63) is 58.6 Å². The van der Waals surface area contributed by atoms with E-state index in [1.807, 2.05) is 36.4 Å². The fourth-order valence-electron chi connectivity index (χ4n) is 2.58. The van der Waals surface area contributed by atoms with E-state index in [2.05, 4.69) is 6.07 Å². The highest BCUT2D eigenvalue weighted by atomic mass is 35.5. The summed E-state index contributed by atoms with van der Waals surface area (Å²) in [5.41, 5.74) is 8.23. The molecule has 0 aliphatic carbocycles. The van der Waals surface area contributed by atoms with Gasteiger partial charge in [-0.1, -0.05) is 35.9 Å². The van der Waals surface area contributed by atoms with Gasteiger partial charge in [0.1, 0.15) is 13.2 Å². The van der Waals surface area contributed by atoms with E-state index in [-0.39, 0.29) is 5.92 Å². The summed E-state index contributed by atoms with van der Waals surface area (Å²) in [5.74, 6) is 1.82. The Labute approximate surface area is 129 Å². The first kappa shape index (κ1) is 14.2. The molecule has 2 aromatic rings.